The fourth-order valence-corrected chi connectivity index (χ4v) is 5.19. The molecule has 4 unspecified atom stereocenters. The number of hydrogen-bond donors (Lipinski definition) is 1. The molecule has 0 radical (unpaired) electrons. The summed E-state index contributed by atoms with van der Waals surface area (Å²) in [5.74, 6) is 0.706. The average Bonchev–Trinajstić information content (AvgIpc) is 2.52. The van der Waals surface area contributed by atoms with E-state index in [9.17, 15) is 4.21 Å². The molecule has 21 heavy (non-hydrogen) atoms. The highest BCUT2D eigenvalue weighted by molar-refractivity contribution is 7.85. The second kappa shape index (κ2) is 8.30. The van der Waals surface area contributed by atoms with Crippen molar-refractivity contribution < 1.29 is 4.21 Å². The molecule has 1 aliphatic carbocycles. The van der Waals surface area contributed by atoms with Crippen LogP contribution in [-0.2, 0) is 10.8 Å². The van der Waals surface area contributed by atoms with Crippen molar-refractivity contribution in [2.45, 2.75) is 62.1 Å². The zero-order valence-corrected chi connectivity index (χ0v) is 14.6. The van der Waals surface area contributed by atoms with E-state index in [1.54, 1.807) is 0 Å². The molecule has 0 amide bonds. The maximum atomic E-state index is 13.0. The molecule has 118 valence electrons. The molecule has 1 aliphatic rings. The van der Waals surface area contributed by atoms with Gasteiger partial charge in [-0.1, -0.05) is 37.9 Å². The lowest BCUT2D eigenvalue weighted by atomic mass is 9.84. The Balaban J connectivity index is 2.15. The van der Waals surface area contributed by atoms with Crippen LogP contribution in [0.5, 0.6) is 0 Å². The summed E-state index contributed by atoms with van der Waals surface area (Å²) in [6.07, 6.45) is 5.74. The van der Waals surface area contributed by atoms with Gasteiger partial charge in [0.15, 0.2) is 0 Å². The third kappa shape index (κ3) is 4.54. The van der Waals surface area contributed by atoms with E-state index < -0.39 is 10.8 Å². The molecule has 0 aliphatic heterocycles. The molecule has 2 nitrogen and oxygen atoms in total. The molecule has 1 aromatic carbocycles. The first-order valence-electron chi connectivity index (χ1n) is 8.05. The molecule has 4 atom stereocenters. The molecule has 0 saturated heterocycles. The molecule has 1 N–H and O–H groups in total. The molecule has 2 rings (SSSR count). The van der Waals surface area contributed by atoms with E-state index in [0.29, 0.717) is 17.0 Å². The predicted molar refractivity (Wildman–Crippen MR) is 91.4 cm³/mol. The van der Waals surface area contributed by atoms with Gasteiger partial charge >= 0.3 is 0 Å². The first-order chi connectivity index (χ1) is 10.2. The van der Waals surface area contributed by atoms with Crippen molar-refractivity contribution in [2.75, 3.05) is 6.54 Å². The fourth-order valence-electron chi connectivity index (χ4n) is 3.15. The van der Waals surface area contributed by atoms with Crippen LogP contribution in [0.1, 0.15) is 46.0 Å². The maximum absolute atomic E-state index is 13.0. The Labute approximate surface area is 136 Å². The van der Waals surface area contributed by atoms with Crippen molar-refractivity contribution in [3.8, 4) is 0 Å². The number of halogens is 1. The van der Waals surface area contributed by atoms with E-state index in [0.717, 1.165) is 30.7 Å². The molecule has 0 aromatic heterocycles. The monoisotopic (exact) mass is 327 g/mol. The lowest BCUT2D eigenvalue weighted by Crippen LogP contribution is -2.46. The normalized spacial score (nSPS) is 27.5. The van der Waals surface area contributed by atoms with Crippen molar-refractivity contribution in [2.24, 2.45) is 5.92 Å². The van der Waals surface area contributed by atoms with Crippen molar-refractivity contribution in [3.05, 3.63) is 29.3 Å². The summed E-state index contributed by atoms with van der Waals surface area (Å²) in [4.78, 5) is 0.868. The zero-order valence-electron chi connectivity index (χ0n) is 13.0. The van der Waals surface area contributed by atoms with E-state index in [1.165, 1.54) is 12.8 Å². The van der Waals surface area contributed by atoms with Gasteiger partial charge in [0.1, 0.15) is 0 Å². The summed E-state index contributed by atoms with van der Waals surface area (Å²) < 4.78 is 13.0. The number of nitrogens with one attached hydrogen (secondary N) is 1. The average molecular weight is 328 g/mol. The van der Waals surface area contributed by atoms with Crippen molar-refractivity contribution in [1.29, 1.82) is 0 Å². The van der Waals surface area contributed by atoms with E-state index in [1.807, 2.05) is 24.3 Å². The van der Waals surface area contributed by atoms with Gasteiger partial charge in [0.05, 0.1) is 16.0 Å². The van der Waals surface area contributed by atoms with Gasteiger partial charge in [0.2, 0.25) is 0 Å². The molecule has 1 saturated carbocycles. The molecule has 1 aromatic rings. The Morgan fingerprint density at radius 3 is 2.81 bits per heavy atom. The Kier molecular flexibility index (Phi) is 6.72. The lowest BCUT2D eigenvalue weighted by Gasteiger charge is -2.36. The van der Waals surface area contributed by atoms with Gasteiger partial charge in [-0.15, -0.1) is 0 Å². The lowest BCUT2D eigenvalue weighted by molar-refractivity contribution is 0.292. The van der Waals surface area contributed by atoms with Crippen LogP contribution in [0, 0.1) is 5.92 Å². The van der Waals surface area contributed by atoms with Crippen LogP contribution in [0.3, 0.4) is 0 Å². The largest absolute Gasteiger partial charge is 0.313 e. The number of hydrogen-bond acceptors (Lipinski definition) is 2. The Hall–Kier alpha value is -0.380. The standard InChI is InChI=1S/C17H26ClNOS/c1-3-10-19-16-9-8-13(4-2)11-17(16)21(20)15-7-5-6-14(18)12-15/h5-7,12-13,16-17,19H,3-4,8-11H2,1-2H3. The zero-order chi connectivity index (χ0) is 15.2. The maximum Gasteiger partial charge on any atom is 0.0577 e. The van der Waals surface area contributed by atoms with E-state index in [-0.39, 0.29) is 5.25 Å². The van der Waals surface area contributed by atoms with Crippen LogP contribution in [-0.4, -0.2) is 22.0 Å². The summed E-state index contributed by atoms with van der Waals surface area (Å²) in [6.45, 7) is 5.42. The summed E-state index contributed by atoms with van der Waals surface area (Å²) in [5.41, 5.74) is 0. The minimum Gasteiger partial charge on any atom is -0.313 e. The molecule has 0 spiro atoms. The van der Waals surface area contributed by atoms with Gasteiger partial charge in [0.25, 0.3) is 0 Å². The minimum atomic E-state index is -0.983. The molecule has 4 heteroatoms. The van der Waals surface area contributed by atoms with Gasteiger partial charge in [-0.25, -0.2) is 0 Å². The van der Waals surface area contributed by atoms with Crippen molar-refractivity contribution >= 4 is 22.4 Å². The summed E-state index contributed by atoms with van der Waals surface area (Å²) in [7, 11) is -0.983. The number of benzene rings is 1. The Morgan fingerprint density at radius 1 is 1.33 bits per heavy atom. The van der Waals surface area contributed by atoms with Crippen LogP contribution in [0.2, 0.25) is 5.02 Å². The van der Waals surface area contributed by atoms with Crippen LogP contribution in [0.25, 0.3) is 0 Å². The summed E-state index contributed by atoms with van der Waals surface area (Å²) in [6, 6.07) is 7.89. The third-order valence-electron chi connectivity index (χ3n) is 4.44. The SMILES string of the molecule is CCCNC1CCC(CC)CC1S(=O)c1cccc(Cl)c1. The highest BCUT2D eigenvalue weighted by Crippen LogP contribution is 2.32. The van der Waals surface area contributed by atoms with Gasteiger partial charge in [-0.3, -0.25) is 4.21 Å². The van der Waals surface area contributed by atoms with E-state index in [2.05, 4.69) is 19.2 Å². The second-order valence-corrected chi connectivity index (χ2v) is 8.05. The highest BCUT2D eigenvalue weighted by Gasteiger charge is 2.34. The minimum absolute atomic E-state index is 0.203. The Morgan fingerprint density at radius 2 is 2.14 bits per heavy atom. The molecular weight excluding hydrogens is 302 g/mol. The van der Waals surface area contributed by atoms with Crippen LogP contribution in [0.15, 0.2) is 29.2 Å². The predicted octanol–water partition coefficient (Wildman–Crippen LogP) is 4.39. The first kappa shape index (κ1) is 17.0. The van der Waals surface area contributed by atoms with E-state index in [4.69, 9.17) is 11.6 Å². The van der Waals surface area contributed by atoms with Gasteiger partial charge in [-0.05, 0) is 56.3 Å². The van der Waals surface area contributed by atoms with Crippen LogP contribution >= 0.6 is 11.6 Å². The fraction of sp³-hybridized carbons (Fsp3) is 0.647. The van der Waals surface area contributed by atoms with Crippen molar-refractivity contribution in [1.82, 2.24) is 5.32 Å². The molecular formula is C17H26ClNOS. The third-order valence-corrected chi connectivity index (χ3v) is 6.46. The molecule has 0 heterocycles. The number of rotatable bonds is 6. The van der Waals surface area contributed by atoms with Crippen LogP contribution < -0.4 is 5.32 Å². The molecule has 0 bridgehead atoms. The Bertz CT molecular complexity index is 480. The quantitative estimate of drug-likeness (QED) is 0.839. The van der Waals surface area contributed by atoms with Gasteiger partial charge in [-0.2, -0.15) is 0 Å². The van der Waals surface area contributed by atoms with Gasteiger partial charge in [0, 0.05) is 16.0 Å². The highest BCUT2D eigenvalue weighted by atomic mass is 35.5. The summed E-state index contributed by atoms with van der Waals surface area (Å²) >= 11 is 6.05. The summed E-state index contributed by atoms with van der Waals surface area (Å²) in [5, 5.41) is 4.48. The van der Waals surface area contributed by atoms with Crippen molar-refractivity contribution in [3.63, 3.8) is 0 Å². The second-order valence-electron chi connectivity index (χ2n) is 5.94. The van der Waals surface area contributed by atoms with E-state index >= 15 is 0 Å². The smallest absolute Gasteiger partial charge is 0.0577 e. The molecule has 1 fully saturated rings. The van der Waals surface area contributed by atoms with Gasteiger partial charge < -0.3 is 5.32 Å². The van der Waals surface area contributed by atoms with Crippen LogP contribution in [0.4, 0.5) is 0 Å². The first-order valence-corrected chi connectivity index (χ1v) is 9.64. The topological polar surface area (TPSA) is 29.1 Å².